The highest BCUT2D eigenvalue weighted by Gasteiger charge is 2.22. The molecule has 2 N–H and O–H groups in total. The molecular weight excluding hydrogens is 196 g/mol. The quantitative estimate of drug-likeness (QED) is 0.667. The Morgan fingerprint density at radius 1 is 1.60 bits per heavy atom. The van der Waals surface area contributed by atoms with Gasteiger partial charge in [-0.1, -0.05) is 12.8 Å². The molecule has 0 aliphatic carbocycles. The number of rotatable bonds is 4. The van der Waals surface area contributed by atoms with Gasteiger partial charge in [0.05, 0.1) is 6.04 Å². The normalized spacial score (nSPS) is 13.5. The molecule has 0 aliphatic heterocycles. The summed E-state index contributed by atoms with van der Waals surface area (Å²) in [5.41, 5.74) is 0. The number of carbonyl (C=O) groups is 2. The van der Waals surface area contributed by atoms with Crippen molar-refractivity contribution in [2.45, 2.75) is 32.4 Å². The zero-order valence-corrected chi connectivity index (χ0v) is 9.15. The fourth-order valence-corrected chi connectivity index (χ4v) is 0.854. The monoisotopic (exact) mass is 212 g/mol. The third-order valence-electron chi connectivity index (χ3n) is 2.17. The minimum absolute atomic E-state index is 0.360. The molecule has 0 saturated heterocycles. The Balaban J connectivity index is 4.34. The van der Waals surface area contributed by atoms with Crippen LogP contribution in [0, 0.1) is 12.3 Å². The Labute approximate surface area is 89.4 Å². The van der Waals surface area contributed by atoms with E-state index >= 15 is 0 Å². The fraction of sp³-hybridized carbons (Fsp3) is 0.600. The van der Waals surface area contributed by atoms with Crippen LogP contribution >= 0.6 is 0 Å². The second-order valence-corrected chi connectivity index (χ2v) is 3.20. The van der Waals surface area contributed by atoms with E-state index in [0.717, 1.165) is 4.90 Å². The second-order valence-electron chi connectivity index (χ2n) is 3.20. The van der Waals surface area contributed by atoms with Crippen LogP contribution in [0.1, 0.15) is 20.3 Å². The molecule has 5 nitrogen and oxygen atoms in total. The van der Waals surface area contributed by atoms with E-state index in [1.165, 1.54) is 14.0 Å². The van der Waals surface area contributed by atoms with Crippen LogP contribution < -0.4 is 5.32 Å². The maximum atomic E-state index is 11.5. The van der Waals surface area contributed by atoms with Gasteiger partial charge in [0.25, 0.3) is 0 Å². The van der Waals surface area contributed by atoms with E-state index in [9.17, 15) is 9.59 Å². The van der Waals surface area contributed by atoms with Gasteiger partial charge in [-0.25, -0.2) is 9.59 Å². The van der Waals surface area contributed by atoms with Gasteiger partial charge in [0.2, 0.25) is 0 Å². The van der Waals surface area contributed by atoms with Crippen molar-refractivity contribution >= 4 is 12.0 Å². The van der Waals surface area contributed by atoms with E-state index < -0.39 is 18.0 Å². The van der Waals surface area contributed by atoms with Gasteiger partial charge in [0.1, 0.15) is 6.04 Å². The summed E-state index contributed by atoms with van der Waals surface area (Å²) >= 11 is 0. The Morgan fingerprint density at radius 3 is 2.47 bits per heavy atom. The lowest BCUT2D eigenvalue weighted by Crippen LogP contribution is -2.48. The lowest BCUT2D eigenvalue weighted by Gasteiger charge is -2.23. The van der Waals surface area contributed by atoms with E-state index in [0.29, 0.717) is 6.42 Å². The Kier molecular flexibility index (Phi) is 5.24. The van der Waals surface area contributed by atoms with E-state index in [1.807, 2.05) is 6.92 Å². The number of likely N-dealkylation sites (N-methyl/N-ethyl adjacent to an activating group) is 1. The van der Waals surface area contributed by atoms with E-state index in [2.05, 4.69) is 11.2 Å². The molecule has 0 aliphatic rings. The van der Waals surface area contributed by atoms with Gasteiger partial charge in [0.15, 0.2) is 0 Å². The van der Waals surface area contributed by atoms with Crippen molar-refractivity contribution < 1.29 is 14.7 Å². The molecule has 0 aromatic heterocycles. The van der Waals surface area contributed by atoms with Crippen molar-refractivity contribution in [1.82, 2.24) is 10.2 Å². The molecule has 0 radical (unpaired) electrons. The number of terminal acetylenes is 1. The lowest BCUT2D eigenvalue weighted by molar-refractivity contribution is -0.141. The average molecular weight is 212 g/mol. The van der Waals surface area contributed by atoms with Gasteiger partial charge in [0, 0.05) is 7.05 Å². The molecule has 0 spiro atoms. The summed E-state index contributed by atoms with van der Waals surface area (Å²) in [6, 6.07) is -1.71. The molecular formula is C10H16N2O3. The summed E-state index contributed by atoms with van der Waals surface area (Å²) in [5.74, 6) is 1.35. The topological polar surface area (TPSA) is 69.6 Å². The summed E-state index contributed by atoms with van der Waals surface area (Å²) in [6.07, 6.45) is 5.78. The molecule has 0 fully saturated rings. The van der Waals surface area contributed by atoms with E-state index in [4.69, 9.17) is 11.5 Å². The third kappa shape index (κ3) is 3.90. The van der Waals surface area contributed by atoms with Crippen molar-refractivity contribution in [2.75, 3.05) is 7.05 Å². The van der Waals surface area contributed by atoms with Gasteiger partial charge >= 0.3 is 12.0 Å². The van der Waals surface area contributed by atoms with Gasteiger partial charge in [-0.15, -0.1) is 6.42 Å². The number of carboxylic acid groups (broad SMARTS) is 1. The highest BCUT2D eigenvalue weighted by atomic mass is 16.4. The molecule has 0 aromatic rings. The molecule has 0 heterocycles. The number of carbonyl (C=O) groups excluding carboxylic acids is 1. The smallest absolute Gasteiger partial charge is 0.326 e. The van der Waals surface area contributed by atoms with Crippen molar-refractivity contribution in [1.29, 1.82) is 0 Å². The maximum Gasteiger partial charge on any atom is 0.326 e. The first-order valence-electron chi connectivity index (χ1n) is 4.66. The minimum Gasteiger partial charge on any atom is -0.480 e. The van der Waals surface area contributed by atoms with Crippen LogP contribution in [0.5, 0.6) is 0 Å². The first kappa shape index (κ1) is 13.3. The summed E-state index contributed by atoms with van der Waals surface area (Å²) in [7, 11) is 1.41. The van der Waals surface area contributed by atoms with Crippen molar-refractivity contribution in [2.24, 2.45) is 0 Å². The summed E-state index contributed by atoms with van der Waals surface area (Å²) in [6.45, 7) is 3.27. The van der Waals surface area contributed by atoms with Crippen LogP contribution in [-0.4, -0.2) is 41.1 Å². The number of hydrogen-bond acceptors (Lipinski definition) is 2. The first-order chi connectivity index (χ1) is 6.93. The number of nitrogens with one attached hydrogen (secondary N) is 1. The zero-order valence-electron chi connectivity index (χ0n) is 9.15. The highest BCUT2D eigenvalue weighted by Crippen LogP contribution is 1.98. The van der Waals surface area contributed by atoms with Crippen molar-refractivity contribution in [3.05, 3.63) is 0 Å². The minimum atomic E-state index is -1.05. The summed E-state index contributed by atoms with van der Waals surface area (Å²) in [4.78, 5) is 23.2. The summed E-state index contributed by atoms with van der Waals surface area (Å²) < 4.78 is 0. The average Bonchev–Trinajstić information content (AvgIpc) is 2.23. The number of carboxylic acids is 1. The molecule has 5 heteroatoms. The molecule has 0 saturated carbocycles. The van der Waals surface area contributed by atoms with Crippen LogP contribution in [0.25, 0.3) is 0 Å². The SMILES string of the molecule is C#CC(CC)NC(=O)N(C)C(C)C(=O)O. The van der Waals surface area contributed by atoms with Crippen LogP contribution in [0.4, 0.5) is 4.79 Å². The molecule has 84 valence electrons. The van der Waals surface area contributed by atoms with Gasteiger partial charge in [-0.05, 0) is 13.3 Å². The Hall–Kier alpha value is -1.70. The summed E-state index contributed by atoms with van der Waals surface area (Å²) in [5, 5.41) is 11.2. The predicted octanol–water partition coefficient (Wildman–Crippen LogP) is 0.513. The number of amides is 2. The molecule has 0 aromatic carbocycles. The van der Waals surface area contributed by atoms with Crippen molar-refractivity contribution in [3.63, 3.8) is 0 Å². The number of hydrogen-bond donors (Lipinski definition) is 2. The molecule has 0 bridgehead atoms. The molecule has 2 amide bonds. The van der Waals surface area contributed by atoms with Crippen LogP contribution in [-0.2, 0) is 4.79 Å². The third-order valence-corrected chi connectivity index (χ3v) is 2.17. The number of nitrogens with zero attached hydrogens (tertiary/aromatic N) is 1. The number of aliphatic carboxylic acids is 1. The zero-order chi connectivity index (χ0) is 12.0. The standard InChI is InChI=1S/C10H16N2O3/c1-5-8(6-2)11-10(15)12(4)7(3)9(13)14/h1,7-8H,6H2,2-4H3,(H,11,15)(H,13,14). The van der Waals surface area contributed by atoms with Gasteiger partial charge in [-0.2, -0.15) is 0 Å². The number of urea groups is 1. The van der Waals surface area contributed by atoms with Crippen LogP contribution in [0.3, 0.4) is 0 Å². The van der Waals surface area contributed by atoms with Gasteiger partial charge < -0.3 is 15.3 Å². The van der Waals surface area contributed by atoms with Crippen LogP contribution in [0.15, 0.2) is 0 Å². The predicted molar refractivity (Wildman–Crippen MR) is 56.3 cm³/mol. The Morgan fingerprint density at radius 2 is 2.13 bits per heavy atom. The lowest BCUT2D eigenvalue weighted by atomic mass is 10.2. The highest BCUT2D eigenvalue weighted by molar-refractivity contribution is 5.82. The van der Waals surface area contributed by atoms with Crippen molar-refractivity contribution in [3.8, 4) is 12.3 Å². The molecule has 2 unspecified atom stereocenters. The van der Waals surface area contributed by atoms with Crippen LogP contribution in [0.2, 0.25) is 0 Å². The maximum absolute atomic E-state index is 11.5. The van der Waals surface area contributed by atoms with Gasteiger partial charge in [-0.3, -0.25) is 0 Å². The second kappa shape index (κ2) is 5.91. The largest absolute Gasteiger partial charge is 0.480 e. The Bertz CT molecular complexity index is 283. The fourth-order valence-electron chi connectivity index (χ4n) is 0.854. The first-order valence-corrected chi connectivity index (χ1v) is 4.66. The van der Waals surface area contributed by atoms with E-state index in [1.54, 1.807) is 0 Å². The molecule has 2 atom stereocenters. The molecule has 0 rings (SSSR count). The molecule has 15 heavy (non-hydrogen) atoms. The van der Waals surface area contributed by atoms with E-state index in [-0.39, 0.29) is 6.04 Å².